The van der Waals surface area contributed by atoms with Crippen LogP contribution in [0, 0.1) is 6.92 Å². The lowest BCUT2D eigenvalue weighted by atomic mass is 10.2. The molecule has 19 heavy (non-hydrogen) atoms. The van der Waals surface area contributed by atoms with Gasteiger partial charge in [-0.2, -0.15) is 0 Å². The van der Waals surface area contributed by atoms with Gasteiger partial charge in [-0.1, -0.05) is 12.8 Å². The van der Waals surface area contributed by atoms with Crippen molar-refractivity contribution in [3.63, 3.8) is 0 Å². The molecule has 2 rings (SSSR count). The molecule has 0 amide bonds. The van der Waals surface area contributed by atoms with Gasteiger partial charge >= 0.3 is 0 Å². The van der Waals surface area contributed by atoms with Gasteiger partial charge in [-0.25, -0.2) is 4.98 Å². The second kappa shape index (κ2) is 7.65. The first-order chi connectivity index (χ1) is 9.25. The van der Waals surface area contributed by atoms with Gasteiger partial charge in [-0.15, -0.1) is 0 Å². The molecule has 108 valence electrons. The molecule has 0 bridgehead atoms. The number of aromatic nitrogens is 2. The van der Waals surface area contributed by atoms with E-state index in [1.807, 2.05) is 0 Å². The van der Waals surface area contributed by atoms with E-state index >= 15 is 0 Å². The number of likely N-dealkylation sites (tertiary alicyclic amines) is 1. The zero-order valence-corrected chi connectivity index (χ0v) is 12.5. The SMILES string of the molecule is Cc1[nH]cnc1CN(C)CCCN1CCCCCC1. The van der Waals surface area contributed by atoms with Crippen LogP contribution in [0.4, 0.5) is 0 Å². The molecule has 0 unspecified atom stereocenters. The Balaban J connectivity index is 1.63. The smallest absolute Gasteiger partial charge is 0.0925 e. The van der Waals surface area contributed by atoms with E-state index in [2.05, 4.69) is 33.7 Å². The van der Waals surface area contributed by atoms with Crippen LogP contribution >= 0.6 is 0 Å². The van der Waals surface area contributed by atoms with Gasteiger partial charge in [0, 0.05) is 12.2 Å². The molecule has 1 aromatic rings. The van der Waals surface area contributed by atoms with E-state index in [-0.39, 0.29) is 0 Å². The number of rotatable bonds is 6. The van der Waals surface area contributed by atoms with Crippen LogP contribution in [0.1, 0.15) is 43.5 Å². The van der Waals surface area contributed by atoms with Crippen molar-refractivity contribution in [3.05, 3.63) is 17.7 Å². The molecule has 4 nitrogen and oxygen atoms in total. The Morgan fingerprint density at radius 1 is 1.26 bits per heavy atom. The van der Waals surface area contributed by atoms with Crippen LogP contribution in [-0.2, 0) is 6.54 Å². The van der Waals surface area contributed by atoms with Crippen LogP contribution in [-0.4, -0.2) is 53.0 Å². The lowest BCUT2D eigenvalue weighted by Gasteiger charge is -2.22. The van der Waals surface area contributed by atoms with Crippen LogP contribution < -0.4 is 0 Å². The van der Waals surface area contributed by atoms with Crippen molar-refractivity contribution in [2.24, 2.45) is 0 Å². The van der Waals surface area contributed by atoms with Gasteiger partial charge in [0.1, 0.15) is 0 Å². The summed E-state index contributed by atoms with van der Waals surface area (Å²) in [4.78, 5) is 12.5. The summed E-state index contributed by atoms with van der Waals surface area (Å²) in [6.07, 6.45) is 8.68. The van der Waals surface area contributed by atoms with Crippen molar-refractivity contribution in [2.75, 3.05) is 33.2 Å². The molecule has 0 atom stereocenters. The van der Waals surface area contributed by atoms with Gasteiger partial charge in [-0.05, 0) is 59.4 Å². The minimum Gasteiger partial charge on any atom is -0.348 e. The number of nitrogens with one attached hydrogen (secondary N) is 1. The maximum atomic E-state index is 4.36. The average molecular weight is 264 g/mol. The Morgan fingerprint density at radius 3 is 2.63 bits per heavy atom. The minimum atomic E-state index is 0.954. The Morgan fingerprint density at radius 2 is 2.00 bits per heavy atom. The van der Waals surface area contributed by atoms with Crippen LogP contribution in [0.5, 0.6) is 0 Å². The van der Waals surface area contributed by atoms with Gasteiger partial charge < -0.3 is 14.8 Å². The van der Waals surface area contributed by atoms with E-state index in [1.165, 1.54) is 63.1 Å². The first kappa shape index (κ1) is 14.5. The molecule has 0 aromatic carbocycles. The Kier molecular flexibility index (Phi) is 5.86. The molecule has 1 aromatic heterocycles. The summed E-state index contributed by atoms with van der Waals surface area (Å²) in [6, 6.07) is 0. The maximum absolute atomic E-state index is 4.36. The number of hydrogen-bond acceptors (Lipinski definition) is 3. The standard InChI is InChI=1S/C15H28N4/c1-14-15(17-13-16-14)12-18(2)8-7-11-19-9-5-3-4-6-10-19/h13H,3-12H2,1-2H3,(H,16,17). The van der Waals surface area contributed by atoms with Crippen molar-refractivity contribution in [2.45, 2.75) is 45.6 Å². The number of aryl methyl sites for hydroxylation is 1. The Hall–Kier alpha value is -0.870. The number of H-pyrrole nitrogens is 1. The highest BCUT2D eigenvalue weighted by atomic mass is 15.1. The number of nitrogens with zero attached hydrogens (tertiary/aromatic N) is 3. The fourth-order valence-corrected chi connectivity index (χ4v) is 2.81. The molecule has 4 heteroatoms. The summed E-state index contributed by atoms with van der Waals surface area (Å²) in [6.45, 7) is 8.07. The maximum Gasteiger partial charge on any atom is 0.0925 e. The molecular weight excluding hydrogens is 236 g/mol. The van der Waals surface area contributed by atoms with Crippen LogP contribution in [0.25, 0.3) is 0 Å². The van der Waals surface area contributed by atoms with Gasteiger partial charge in [0.25, 0.3) is 0 Å². The fraction of sp³-hybridized carbons (Fsp3) is 0.800. The molecule has 1 aliphatic heterocycles. The summed E-state index contributed by atoms with van der Waals surface area (Å²) >= 11 is 0. The van der Waals surface area contributed by atoms with Gasteiger partial charge in [0.2, 0.25) is 0 Å². The van der Waals surface area contributed by atoms with Crippen molar-refractivity contribution in [1.29, 1.82) is 0 Å². The van der Waals surface area contributed by atoms with E-state index in [4.69, 9.17) is 0 Å². The van der Waals surface area contributed by atoms with Crippen molar-refractivity contribution in [1.82, 2.24) is 19.8 Å². The predicted octanol–water partition coefficient (Wildman–Crippen LogP) is 2.42. The third kappa shape index (κ3) is 4.96. The zero-order valence-electron chi connectivity index (χ0n) is 12.5. The number of imidazole rings is 1. The van der Waals surface area contributed by atoms with Gasteiger partial charge in [0.15, 0.2) is 0 Å². The van der Waals surface area contributed by atoms with Crippen LogP contribution in [0.3, 0.4) is 0 Å². The van der Waals surface area contributed by atoms with E-state index in [9.17, 15) is 0 Å². The van der Waals surface area contributed by atoms with E-state index < -0.39 is 0 Å². The zero-order chi connectivity index (χ0) is 13.5. The summed E-state index contributed by atoms with van der Waals surface area (Å²) < 4.78 is 0. The summed E-state index contributed by atoms with van der Waals surface area (Å²) in [5.41, 5.74) is 2.37. The third-order valence-electron chi connectivity index (χ3n) is 4.07. The van der Waals surface area contributed by atoms with E-state index in [0.717, 1.165) is 13.1 Å². The number of hydrogen-bond donors (Lipinski definition) is 1. The lowest BCUT2D eigenvalue weighted by Crippen LogP contribution is -2.29. The van der Waals surface area contributed by atoms with Crippen molar-refractivity contribution < 1.29 is 0 Å². The fourth-order valence-electron chi connectivity index (χ4n) is 2.81. The minimum absolute atomic E-state index is 0.954. The summed E-state index contributed by atoms with van der Waals surface area (Å²) in [7, 11) is 2.19. The normalized spacial score (nSPS) is 17.8. The number of aromatic amines is 1. The highest BCUT2D eigenvalue weighted by Crippen LogP contribution is 2.10. The highest BCUT2D eigenvalue weighted by Gasteiger charge is 2.09. The average Bonchev–Trinajstić information content (AvgIpc) is 2.66. The first-order valence-electron chi connectivity index (χ1n) is 7.65. The largest absolute Gasteiger partial charge is 0.348 e. The summed E-state index contributed by atoms with van der Waals surface area (Å²) in [5.74, 6) is 0. The topological polar surface area (TPSA) is 35.2 Å². The van der Waals surface area contributed by atoms with E-state index in [0.29, 0.717) is 0 Å². The second-order valence-electron chi connectivity index (χ2n) is 5.82. The second-order valence-corrected chi connectivity index (χ2v) is 5.82. The quantitative estimate of drug-likeness (QED) is 0.857. The molecule has 0 aliphatic carbocycles. The lowest BCUT2D eigenvalue weighted by molar-refractivity contribution is 0.248. The first-order valence-corrected chi connectivity index (χ1v) is 7.65. The summed E-state index contributed by atoms with van der Waals surface area (Å²) in [5, 5.41) is 0. The predicted molar refractivity (Wildman–Crippen MR) is 79.2 cm³/mol. The Bertz CT molecular complexity index is 353. The van der Waals surface area contributed by atoms with Crippen LogP contribution in [0.2, 0.25) is 0 Å². The molecule has 0 saturated carbocycles. The van der Waals surface area contributed by atoms with Crippen molar-refractivity contribution in [3.8, 4) is 0 Å². The molecule has 0 radical (unpaired) electrons. The van der Waals surface area contributed by atoms with Gasteiger partial charge in [-0.3, -0.25) is 0 Å². The third-order valence-corrected chi connectivity index (χ3v) is 4.07. The molecule has 1 aliphatic rings. The van der Waals surface area contributed by atoms with Gasteiger partial charge in [0.05, 0.1) is 12.0 Å². The molecule has 1 saturated heterocycles. The molecule has 2 heterocycles. The molecule has 1 N–H and O–H groups in total. The van der Waals surface area contributed by atoms with Crippen LogP contribution in [0.15, 0.2) is 6.33 Å². The molecule has 0 spiro atoms. The highest BCUT2D eigenvalue weighted by molar-refractivity contribution is 5.07. The Labute approximate surface area is 117 Å². The van der Waals surface area contributed by atoms with E-state index in [1.54, 1.807) is 6.33 Å². The monoisotopic (exact) mass is 264 g/mol. The van der Waals surface area contributed by atoms with Crippen molar-refractivity contribution >= 4 is 0 Å². The molecular formula is C15H28N4. The molecule has 1 fully saturated rings.